The predicted octanol–water partition coefficient (Wildman–Crippen LogP) is 3.39. The second-order valence-corrected chi connectivity index (χ2v) is 7.60. The lowest BCUT2D eigenvalue weighted by molar-refractivity contribution is -0.142. The maximum Gasteiger partial charge on any atom is 0.311 e. The average Bonchev–Trinajstić information content (AvgIpc) is 2.99. The normalized spacial score (nSPS) is 17.0. The lowest BCUT2D eigenvalue weighted by Crippen LogP contribution is -2.33. The van der Waals surface area contributed by atoms with Gasteiger partial charge in [-0.3, -0.25) is 19.3 Å². The summed E-state index contributed by atoms with van der Waals surface area (Å²) in [6.07, 6.45) is -1.10. The molecular weight excluding hydrogens is 382 g/mol. The molecule has 1 aliphatic rings. The summed E-state index contributed by atoms with van der Waals surface area (Å²) < 4.78 is 5.63. The number of rotatable bonds is 5. The van der Waals surface area contributed by atoms with Crippen LogP contribution in [0.5, 0.6) is 5.75 Å². The van der Waals surface area contributed by atoms with Gasteiger partial charge in [0.1, 0.15) is 11.9 Å². The molecule has 0 spiro atoms. The molecule has 1 fully saturated rings. The van der Waals surface area contributed by atoms with Gasteiger partial charge < -0.3 is 9.84 Å². The molecule has 4 aromatic carbocycles. The minimum absolute atomic E-state index is 0.0646. The number of benzene rings is 4. The zero-order valence-electron chi connectivity index (χ0n) is 16.1. The molecule has 1 unspecified atom stereocenters. The standard InChI is InChI=1S/C24H19NO5/c26-18-13-20(27)25(24(18)29)12-2-5-21(28)30-19-11-9-16-7-6-14-3-1-4-15-8-10-17(19)23(16)22(14)15/h1,3-4,6-11,18,26H,2,5,12-13H2. The Labute approximate surface area is 172 Å². The Bertz CT molecular complexity index is 1300. The highest BCUT2D eigenvalue weighted by atomic mass is 16.5. The number of likely N-dealkylation sites (tertiary alicyclic amines) is 1. The summed E-state index contributed by atoms with van der Waals surface area (Å²) in [7, 11) is 0. The van der Waals surface area contributed by atoms with E-state index in [9.17, 15) is 19.5 Å². The van der Waals surface area contributed by atoms with Crippen molar-refractivity contribution in [3.63, 3.8) is 0 Å². The van der Waals surface area contributed by atoms with Crippen LogP contribution >= 0.6 is 0 Å². The molecule has 4 aromatic rings. The molecule has 1 saturated heterocycles. The van der Waals surface area contributed by atoms with Crippen molar-refractivity contribution in [2.24, 2.45) is 0 Å². The quantitative estimate of drug-likeness (QED) is 0.240. The summed E-state index contributed by atoms with van der Waals surface area (Å²) in [4.78, 5) is 36.9. The molecular formula is C24H19NO5. The zero-order valence-corrected chi connectivity index (χ0v) is 16.1. The van der Waals surface area contributed by atoms with Crippen molar-refractivity contribution >= 4 is 50.1 Å². The first-order chi connectivity index (χ1) is 14.5. The van der Waals surface area contributed by atoms with E-state index >= 15 is 0 Å². The number of aliphatic hydroxyl groups is 1. The van der Waals surface area contributed by atoms with Crippen molar-refractivity contribution < 1.29 is 24.2 Å². The Hall–Kier alpha value is -3.51. The van der Waals surface area contributed by atoms with Gasteiger partial charge in [-0.05, 0) is 40.1 Å². The van der Waals surface area contributed by atoms with Gasteiger partial charge in [-0.1, -0.05) is 42.5 Å². The van der Waals surface area contributed by atoms with Gasteiger partial charge in [0.2, 0.25) is 5.91 Å². The number of carbonyl (C=O) groups is 3. The van der Waals surface area contributed by atoms with Crippen molar-refractivity contribution in [3.8, 4) is 5.75 Å². The Morgan fingerprint density at radius 2 is 1.63 bits per heavy atom. The maximum atomic E-state index is 12.4. The van der Waals surface area contributed by atoms with E-state index in [2.05, 4.69) is 24.3 Å². The van der Waals surface area contributed by atoms with Gasteiger partial charge in [0, 0.05) is 23.7 Å². The molecule has 1 N–H and O–H groups in total. The van der Waals surface area contributed by atoms with Crippen LogP contribution in [0.25, 0.3) is 32.3 Å². The summed E-state index contributed by atoms with van der Waals surface area (Å²) >= 11 is 0. The Balaban J connectivity index is 1.36. The minimum Gasteiger partial charge on any atom is -0.426 e. The number of imide groups is 1. The first-order valence-corrected chi connectivity index (χ1v) is 9.92. The Morgan fingerprint density at radius 3 is 2.33 bits per heavy atom. The molecule has 2 amide bonds. The second kappa shape index (κ2) is 7.07. The molecule has 0 aromatic heterocycles. The fourth-order valence-electron chi connectivity index (χ4n) is 4.25. The number of carbonyl (C=O) groups excluding carboxylic acids is 3. The molecule has 0 radical (unpaired) electrons. The number of hydrogen-bond acceptors (Lipinski definition) is 5. The van der Waals surface area contributed by atoms with Gasteiger partial charge in [-0.25, -0.2) is 0 Å². The molecule has 6 nitrogen and oxygen atoms in total. The van der Waals surface area contributed by atoms with Crippen LogP contribution in [-0.4, -0.2) is 40.4 Å². The first kappa shape index (κ1) is 18.5. The smallest absolute Gasteiger partial charge is 0.311 e. The van der Waals surface area contributed by atoms with Crippen LogP contribution in [-0.2, 0) is 14.4 Å². The molecule has 1 aliphatic heterocycles. The highest BCUT2D eigenvalue weighted by molar-refractivity contribution is 6.24. The molecule has 0 bridgehead atoms. The lowest BCUT2D eigenvalue weighted by Gasteiger charge is -2.15. The van der Waals surface area contributed by atoms with Gasteiger partial charge in [0.25, 0.3) is 5.91 Å². The number of amides is 2. The number of nitrogens with zero attached hydrogens (tertiary/aromatic N) is 1. The fourth-order valence-corrected chi connectivity index (χ4v) is 4.25. The van der Waals surface area contributed by atoms with Crippen molar-refractivity contribution in [2.45, 2.75) is 25.4 Å². The van der Waals surface area contributed by atoms with Gasteiger partial charge in [0.05, 0.1) is 6.42 Å². The van der Waals surface area contributed by atoms with Gasteiger partial charge >= 0.3 is 5.97 Å². The van der Waals surface area contributed by atoms with E-state index in [1.54, 1.807) is 6.07 Å². The van der Waals surface area contributed by atoms with E-state index in [0.29, 0.717) is 5.75 Å². The molecule has 0 saturated carbocycles. The third kappa shape index (κ3) is 2.97. The fraction of sp³-hybridized carbons (Fsp3) is 0.208. The van der Waals surface area contributed by atoms with Crippen molar-refractivity contribution in [1.82, 2.24) is 4.90 Å². The topological polar surface area (TPSA) is 83.9 Å². The molecule has 1 heterocycles. The maximum absolute atomic E-state index is 12.4. The Morgan fingerprint density at radius 1 is 0.967 bits per heavy atom. The summed E-state index contributed by atoms with van der Waals surface area (Å²) in [5, 5.41) is 15.9. The number of hydrogen-bond donors (Lipinski definition) is 1. The van der Waals surface area contributed by atoms with Gasteiger partial charge in [-0.2, -0.15) is 0 Å². The summed E-state index contributed by atoms with van der Waals surface area (Å²) in [6.45, 7) is 0.0995. The van der Waals surface area contributed by atoms with E-state index in [0.717, 1.165) is 37.2 Å². The van der Waals surface area contributed by atoms with Crippen LogP contribution in [0.3, 0.4) is 0 Å². The van der Waals surface area contributed by atoms with E-state index < -0.39 is 23.9 Å². The van der Waals surface area contributed by atoms with Crippen LogP contribution in [0, 0.1) is 0 Å². The predicted molar refractivity (Wildman–Crippen MR) is 112 cm³/mol. The van der Waals surface area contributed by atoms with Crippen molar-refractivity contribution in [3.05, 3.63) is 54.6 Å². The summed E-state index contributed by atoms with van der Waals surface area (Å²) in [6, 6.07) is 18.0. The van der Waals surface area contributed by atoms with Crippen LogP contribution in [0.1, 0.15) is 19.3 Å². The van der Waals surface area contributed by atoms with E-state index in [1.165, 1.54) is 0 Å². The van der Waals surface area contributed by atoms with E-state index in [-0.39, 0.29) is 25.8 Å². The largest absolute Gasteiger partial charge is 0.426 e. The van der Waals surface area contributed by atoms with Crippen LogP contribution in [0.15, 0.2) is 54.6 Å². The minimum atomic E-state index is -1.26. The average molecular weight is 401 g/mol. The zero-order chi connectivity index (χ0) is 20.8. The first-order valence-electron chi connectivity index (χ1n) is 9.92. The van der Waals surface area contributed by atoms with Crippen molar-refractivity contribution in [2.75, 3.05) is 6.54 Å². The molecule has 30 heavy (non-hydrogen) atoms. The highest BCUT2D eigenvalue weighted by Gasteiger charge is 2.36. The SMILES string of the molecule is O=C(CCCN1C(=O)CC(O)C1=O)Oc1ccc2ccc3cccc4ccc1c2c34. The number of aliphatic hydroxyl groups excluding tert-OH is 1. The van der Waals surface area contributed by atoms with Crippen molar-refractivity contribution in [1.29, 1.82) is 0 Å². The highest BCUT2D eigenvalue weighted by Crippen LogP contribution is 2.38. The molecule has 6 heteroatoms. The van der Waals surface area contributed by atoms with Crippen LogP contribution in [0.2, 0.25) is 0 Å². The third-order valence-electron chi connectivity index (χ3n) is 5.70. The van der Waals surface area contributed by atoms with Gasteiger partial charge in [-0.15, -0.1) is 0 Å². The third-order valence-corrected chi connectivity index (χ3v) is 5.70. The summed E-state index contributed by atoms with van der Waals surface area (Å²) in [5.74, 6) is -0.938. The second-order valence-electron chi connectivity index (χ2n) is 7.60. The monoisotopic (exact) mass is 401 g/mol. The molecule has 1 atom stereocenters. The molecule has 150 valence electrons. The molecule has 5 rings (SSSR count). The Kier molecular flexibility index (Phi) is 4.37. The van der Waals surface area contributed by atoms with Crippen LogP contribution in [0.4, 0.5) is 0 Å². The lowest BCUT2D eigenvalue weighted by atomic mass is 9.94. The molecule has 0 aliphatic carbocycles. The number of esters is 1. The van der Waals surface area contributed by atoms with E-state index in [4.69, 9.17) is 4.74 Å². The summed E-state index contributed by atoms with van der Waals surface area (Å²) in [5.41, 5.74) is 0. The number of ether oxygens (including phenoxy) is 1. The van der Waals surface area contributed by atoms with Gasteiger partial charge in [0.15, 0.2) is 0 Å². The van der Waals surface area contributed by atoms with E-state index in [1.807, 2.05) is 24.3 Å². The van der Waals surface area contributed by atoms with Crippen LogP contribution < -0.4 is 4.74 Å².